The summed E-state index contributed by atoms with van der Waals surface area (Å²) in [6.07, 6.45) is 6.62. The summed E-state index contributed by atoms with van der Waals surface area (Å²) in [5, 5.41) is 3.14. The molecule has 0 aliphatic heterocycles. The quantitative estimate of drug-likeness (QED) is 0.761. The number of hydrogen-bond acceptors (Lipinski definition) is 7. The van der Waals surface area contributed by atoms with Crippen LogP contribution in [0.5, 0.6) is 5.75 Å². The van der Waals surface area contributed by atoms with E-state index < -0.39 is 0 Å². The minimum atomic E-state index is 0.322. The summed E-state index contributed by atoms with van der Waals surface area (Å²) in [6.45, 7) is 0.702. The van der Waals surface area contributed by atoms with Crippen LogP contribution in [0.1, 0.15) is 5.56 Å². The molecule has 3 aromatic rings. The second-order valence-corrected chi connectivity index (χ2v) is 4.38. The van der Waals surface area contributed by atoms with E-state index in [2.05, 4.69) is 25.3 Å². The number of benzene rings is 1. The summed E-state index contributed by atoms with van der Waals surface area (Å²) >= 11 is 0. The zero-order valence-electron chi connectivity index (χ0n) is 12.8. The molecule has 2 aromatic heterocycles. The average molecular weight is 310 g/mol. The molecule has 0 aliphatic rings. The second kappa shape index (κ2) is 8.93. The average Bonchev–Trinajstić information content (AvgIpc) is 2.62. The third-order valence-corrected chi connectivity index (χ3v) is 2.76. The van der Waals surface area contributed by atoms with Crippen LogP contribution in [-0.4, -0.2) is 27.0 Å². The summed E-state index contributed by atoms with van der Waals surface area (Å²) < 4.78 is 5.09. The molecule has 3 rings (SSSR count). The van der Waals surface area contributed by atoms with Crippen molar-refractivity contribution < 1.29 is 4.74 Å². The van der Waals surface area contributed by atoms with E-state index in [0.29, 0.717) is 18.4 Å². The fraction of sp³-hybridized carbons (Fsp3) is 0.125. The molecule has 0 atom stereocenters. The molecular weight excluding hydrogens is 292 g/mol. The van der Waals surface area contributed by atoms with E-state index in [1.54, 1.807) is 44.0 Å². The smallest absolute Gasteiger partial charge is 0.222 e. The first-order valence-electron chi connectivity index (χ1n) is 6.94. The Morgan fingerprint density at radius 1 is 0.913 bits per heavy atom. The summed E-state index contributed by atoms with van der Waals surface area (Å²) in [5.74, 6) is 1.82. The van der Waals surface area contributed by atoms with Gasteiger partial charge in [-0.2, -0.15) is 0 Å². The van der Waals surface area contributed by atoms with E-state index in [1.165, 1.54) is 0 Å². The zero-order chi connectivity index (χ0) is 16.3. The van der Waals surface area contributed by atoms with Crippen molar-refractivity contribution in [2.75, 3.05) is 18.2 Å². The number of nitrogen functional groups attached to an aromatic ring is 1. The van der Waals surface area contributed by atoms with Crippen LogP contribution in [0.3, 0.4) is 0 Å². The summed E-state index contributed by atoms with van der Waals surface area (Å²) in [6, 6.07) is 11.4. The third kappa shape index (κ3) is 5.96. The molecule has 0 saturated heterocycles. The topological polar surface area (TPSA) is 98.8 Å². The number of rotatable bonds is 4. The van der Waals surface area contributed by atoms with E-state index >= 15 is 0 Å². The maximum atomic E-state index is 5.14. The van der Waals surface area contributed by atoms with Crippen LogP contribution in [0, 0.1) is 0 Å². The minimum Gasteiger partial charge on any atom is -0.497 e. The summed E-state index contributed by atoms with van der Waals surface area (Å²) in [7, 11) is 1.66. The summed E-state index contributed by atoms with van der Waals surface area (Å²) in [4.78, 5) is 15.5. The third-order valence-electron chi connectivity index (χ3n) is 2.76. The molecule has 0 radical (unpaired) electrons. The molecular formula is C16H18N6O. The standard InChI is InChI=1S/C12H13N3O.C4H5N3/c1-16-11-5-3-10(4-6-11)9-15-12-13-7-2-8-14-12;5-4-6-2-1-3-7-4/h2-8H,9H2,1H3,(H,13,14,15);1-3H,(H2,5,6,7). The highest BCUT2D eigenvalue weighted by Gasteiger charge is 1.96. The van der Waals surface area contributed by atoms with Crippen LogP contribution in [-0.2, 0) is 6.54 Å². The maximum absolute atomic E-state index is 5.14. The maximum Gasteiger partial charge on any atom is 0.222 e. The zero-order valence-corrected chi connectivity index (χ0v) is 12.8. The fourth-order valence-corrected chi connectivity index (χ4v) is 1.63. The van der Waals surface area contributed by atoms with E-state index in [9.17, 15) is 0 Å². The highest BCUT2D eigenvalue weighted by molar-refractivity contribution is 5.30. The van der Waals surface area contributed by atoms with Gasteiger partial charge in [0.15, 0.2) is 0 Å². The number of anilines is 2. The van der Waals surface area contributed by atoms with Gasteiger partial charge in [-0.25, -0.2) is 19.9 Å². The van der Waals surface area contributed by atoms with Gasteiger partial charge in [-0.1, -0.05) is 12.1 Å². The van der Waals surface area contributed by atoms with Crippen molar-refractivity contribution in [1.29, 1.82) is 0 Å². The molecule has 118 valence electrons. The first-order chi connectivity index (χ1) is 11.3. The Labute approximate surface area is 134 Å². The number of methoxy groups -OCH3 is 1. The monoisotopic (exact) mass is 310 g/mol. The first-order valence-corrected chi connectivity index (χ1v) is 6.94. The molecule has 0 fully saturated rings. The van der Waals surface area contributed by atoms with Gasteiger partial charge in [0.2, 0.25) is 11.9 Å². The van der Waals surface area contributed by atoms with Crippen LogP contribution in [0.15, 0.2) is 61.2 Å². The first kappa shape index (κ1) is 16.2. The Hall–Kier alpha value is -3.22. The van der Waals surface area contributed by atoms with Gasteiger partial charge in [-0.3, -0.25) is 0 Å². The predicted octanol–water partition coefficient (Wildman–Crippen LogP) is 2.16. The molecule has 3 N–H and O–H groups in total. The number of ether oxygens (including phenoxy) is 1. The molecule has 0 spiro atoms. The van der Waals surface area contributed by atoms with Gasteiger partial charge >= 0.3 is 0 Å². The highest BCUT2D eigenvalue weighted by Crippen LogP contribution is 2.11. The Morgan fingerprint density at radius 3 is 1.96 bits per heavy atom. The van der Waals surface area contributed by atoms with Gasteiger partial charge in [0, 0.05) is 31.3 Å². The minimum absolute atomic E-state index is 0.322. The van der Waals surface area contributed by atoms with Gasteiger partial charge in [0.25, 0.3) is 0 Å². The van der Waals surface area contributed by atoms with E-state index in [0.717, 1.165) is 11.3 Å². The Balaban J connectivity index is 0.000000229. The van der Waals surface area contributed by atoms with Gasteiger partial charge < -0.3 is 15.8 Å². The molecule has 0 aliphatic carbocycles. The highest BCUT2D eigenvalue weighted by atomic mass is 16.5. The second-order valence-electron chi connectivity index (χ2n) is 4.38. The van der Waals surface area contributed by atoms with E-state index in [-0.39, 0.29) is 0 Å². The lowest BCUT2D eigenvalue weighted by molar-refractivity contribution is 0.414. The number of nitrogens with one attached hydrogen (secondary N) is 1. The van der Waals surface area contributed by atoms with Crippen molar-refractivity contribution in [1.82, 2.24) is 19.9 Å². The van der Waals surface area contributed by atoms with Crippen LogP contribution < -0.4 is 15.8 Å². The van der Waals surface area contributed by atoms with E-state index in [1.807, 2.05) is 24.3 Å². The van der Waals surface area contributed by atoms with Crippen molar-refractivity contribution in [3.05, 3.63) is 66.7 Å². The van der Waals surface area contributed by atoms with Crippen molar-refractivity contribution in [3.63, 3.8) is 0 Å². The van der Waals surface area contributed by atoms with Gasteiger partial charge in [0.1, 0.15) is 5.75 Å². The lowest BCUT2D eigenvalue weighted by atomic mass is 10.2. The number of aromatic nitrogens is 4. The normalized spacial score (nSPS) is 9.43. The van der Waals surface area contributed by atoms with E-state index in [4.69, 9.17) is 10.5 Å². The number of nitrogens with zero attached hydrogens (tertiary/aromatic N) is 4. The van der Waals surface area contributed by atoms with Crippen LogP contribution in [0.2, 0.25) is 0 Å². The molecule has 7 nitrogen and oxygen atoms in total. The van der Waals surface area contributed by atoms with Gasteiger partial charge in [0.05, 0.1) is 7.11 Å². The number of hydrogen-bond donors (Lipinski definition) is 2. The van der Waals surface area contributed by atoms with Crippen LogP contribution in [0.4, 0.5) is 11.9 Å². The van der Waals surface area contributed by atoms with Crippen LogP contribution in [0.25, 0.3) is 0 Å². The Morgan fingerprint density at radius 2 is 1.48 bits per heavy atom. The molecule has 7 heteroatoms. The SMILES string of the molecule is COc1ccc(CNc2ncccn2)cc1.Nc1ncccn1. The van der Waals surface area contributed by atoms with Crippen molar-refractivity contribution in [2.24, 2.45) is 0 Å². The molecule has 0 bridgehead atoms. The molecule has 1 aromatic carbocycles. The lowest BCUT2D eigenvalue weighted by Crippen LogP contribution is -2.02. The molecule has 0 saturated carbocycles. The predicted molar refractivity (Wildman–Crippen MR) is 88.8 cm³/mol. The Bertz CT molecular complexity index is 676. The van der Waals surface area contributed by atoms with Gasteiger partial charge in [-0.05, 0) is 29.8 Å². The van der Waals surface area contributed by atoms with Crippen molar-refractivity contribution in [3.8, 4) is 5.75 Å². The van der Waals surface area contributed by atoms with Gasteiger partial charge in [-0.15, -0.1) is 0 Å². The molecule has 0 amide bonds. The van der Waals surface area contributed by atoms with Crippen LogP contribution >= 0.6 is 0 Å². The lowest BCUT2D eigenvalue weighted by Gasteiger charge is -2.05. The molecule has 0 unspecified atom stereocenters. The van der Waals surface area contributed by atoms with Crippen molar-refractivity contribution >= 4 is 11.9 Å². The molecule has 23 heavy (non-hydrogen) atoms. The Kier molecular flexibility index (Phi) is 6.27. The fourth-order valence-electron chi connectivity index (χ4n) is 1.63. The largest absolute Gasteiger partial charge is 0.497 e. The molecule has 2 heterocycles. The number of nitrogens with two attached hydrogens (primary N) is 1. The summed E-state index contributed by atoms with van der Waals surface area (Å²) in [5.41, 5.74) is 6.30. The van der Waals surface area contributed by atoms with Crippen molar-refractivity contribution in [2.45, 2.75) is 6.54 Å².